The van der Waals surface area contributed by atoms with Gasteiger partial charge in [0, 0.05) is 36.9 Å². The van der Waals surface area contributed by atoms with Crippen molar-refractivity contribution < 1.29 is 4.79 Å². The van der Waals surface area contributed by atoms with Gasteiger partial charge in [-0.25, -0.2) is 0 Å². The van der Waals surface area contributed by atoms with Crippen LogP contribution in [0.1, 0.15) is 45.1 Å². The van der Waals surface area contributed by atoms with Crippen molar-refractivity contribution in [1.29, 1.82) is 0 Å². The molecule has 2 unspecified atom stereocenters. The van der Waals surface area contributed by atoms with Crippen LogP contribution in [0.4, 0.5) is 0 Å². The molecule has 2 aromatic rings. The zero-order chi connectivity index (χ0) is 16.5. The highest BCUT2D eigenvalue weighted by molar-refractivity contribution is 7.14. The fourth-order valence-electron chi connectivity index (χ4n) is 3.77. The Labute approximate surface area is 159 Å². The van der Waals surface area contributed by atoms with E-state index in [2.05, 4.69) is 29.4 Å². The summed E-state index contributed by atoms with van der Waals surface area (Å²) >= 11 is 1.71. The maximum absolute atomic E-state index is 13.2. The van der Waals surface area contributed by atoms with Gasteiger partial charge in [-0.2, -0.15) is 0 Å². The predicted molar refractivity (Wildman–Crippen MR) is 104 cm³/mol. The van der Waals surface area contributed by atoms with E-state index in [-0.39, 0.29) is 24.4 Å². The number of hydrogen-bond donors (Lipinski definition) is 1. The molecule has 4 nitrogen and oxygen atoms in total. The molecule has 0 aromatic carbocycles. The minimum absolute atomic E-state index is 0. The van der Waals surface area contributed by atoms with Gasteiger partial charge in [0.1, 0.15) is 0 Å². The molecular weight excluding hydrogens is 354 g/mol. The smallest absolute Gasteiger partial charge is 0.264 e. The van der Waals surface area contributed by atoms with Crippen LogP contribution in [-0.4, -0.2) is 35.4 Å². The second kappa shape index (κ2) is 7.85. The third kappa shape index (κ3) is 3.73. The molecule has 2 aliphatic rings. The van der Waals surface area contributed by atoms with Crippen LogP contribution in [0.5, 0.6) is 0 Å². The molecule has 4 rings (SSSR count). The number of fused-ring (bicyclic) bond motifs is 1. The maximum atomic E-state index is 13.2. The number of hydrogen-bond acceptors (Lipinski definition) is 4. The van der Waals surface area contributed by atoms with Crippen LogP contribution in [0, 0.1) is 5.92 Å². The molecule has 6 heteroatoms. The van der Waals surface area contributed by atoms with Gasteiger partial charge in [0.15, 0.2) is 0 Å². The molecule has 0 saturated carbocycles. The number of thiophene rings is 1. The van der Waals surface area contributed by atoms with E-state index in [1.807, 2.05) is 17.2 Å². The zero-order valence-corrected chi connectivity index (χ0v) is 16.0. The predicted octanol–water partition coefficient (Wildman–Crippen LogP) is 3.48. The van der Waals surface area contributed by atoms with Gasteiger partial charge in [0.05, 0.1) is 10.9 Å². The second-order valence-electron chi connectivity index (χ2n) is 6.91. The molecular formula is C19H24ClN3OS. The van der Waals surface area contributed by atoms with E-state index in [1.54, 1.807) is 17.5 Å². The number of halogens is 1. The van der Waals surface area contributed by atoms with Crippen LogP contribution >= 0.6 is 23.7 Å². The van der Waals surface area contributed by atoms with E-state index >= 15 is 0 Å². The Morgan fingerprint density at radius 1 is 1.44 bits per heavy atom. The lowest BCUT2D eigenvalue weighted by atomic mass is 9.90. The van der Waals surface area contributed by atoms with Crippen LogP contribution in [0.15, 0.2) is 30.6 Å². The number of aromatic nitrogens is 1. The average Bonchev–Trinajstić information content (AvgIpc) is 3.05. The molecule has 1 amide bonds. The first-order valence-corrected chi connectivity index (χ1v) is 9.57. The molecule has 1 fully saturated rings. The molecule has 2 aromatic heterocycles. The van der Waals surface area contributed by atoms with Crippen LogP contribution in [-0.2, 0) is 12.8 Å². The quantitative estimate of drug-likeness (QED) is 0.871. The summed E-state index contributed by atoms with van der Waals surface area (Å²) in [6.07, 6.45) is 7.14. The summed E-state index contributed by atoms with van der Waals surface area (Å²) in [7, 11) is 0. The number of amides is 1. The molecule has 1 aliphatic carbocycles. The summed E-state index contributed by atoms with van der Waals surface area (Å²) in [5.74, 6) is 0.912. The number of nitrogens with one attached hydrogen (secondary N) is 1. The van der Waals surface area contributed by atoms with Crippen molar-refractivity contribution in [3.05, 3.63) is 51.5 Å². The Balaban J connectivity index is 0.00000182. The maximum Gasteiger partial charge on any atom is 0.264 e. The van der Waals surface area contributed by atoms with Gasteiger partial charge < -0.3 is 10.2 Å². The summed E-state index contributed by atoms with van der Waals surface area (Å²) in [5, 5.41) is 3.41. The molecule has 0 bridgehead atoms. The first-order chi connectivity index (χ1) is 11.7. The number of pyridine rings is 1. The Morgan fingerprint density at radius 2 is 2.32 bits per heavy atom. The van der Waals surface area contributed by atoms with Crippen LogP contribution < -0.4 is 5.32 Å². The van der Waals surface area contributed by atoms with E-state index in [0.717, 1.165) is 48.8 Å². The number of carbonyl (C=O) groups is 1. The van der Waals surface area contributed by atoms with Gasteiger partial charge in [-0.1, -0.05) is 13.0 Å². The summed E-state index contributed by atoms with van der Waals surface area (Å²) < 4.78 is 0. The largest absolute Gasteiger partial charge is 0.328 e. The fourth-order valence-corrected chi connectivity index (χ4v) is 4.94. The highest BCUT2D eigenvalue weighted by atomic mass is 35.5. The lowest BCUT2D eigenvalue weighted by Crippen LogP contribution is -2.48. The van der Waals surface area contributed by atoms with Crippen molar-refractivity contribution in [3.63, 3.8) is 0 Å². The molecule has 2 atom stereocenters. The fraction of sp³-hybridized carbons (Fsp3) is 0.474. The SMILES string of the molecule is CC1CCc2sc(C(=O)N3CCNCC3c3cccnc3)cc2C1.Cl. The van der Waals surface area contributed by atoms with Crippen molar-refractivity contribution >= 4 is 29.7 Å². The minimum Gasteiger partial charge on any atom is -0.328 e. The van der Waals surface area contributed by atoms with E-state index < -0.39 is 0 Å². The molecule has 1 saturated heterocycles. The van der Waals surface area contributed by atoms with Crippen molar-refractivity contribution in [2.45, 2.75) is 32.2 Å². The van der Waals surface area contributed by atoms with Gasteiger partial charge in [0.25, 0.3) is 5.91 Å². The number of carbonyl (C=O) groups excluding carboxylic acids is 1. The molecule has 25 heavy (non-hydrogen) atoms. The number of aryl methyl sites for hydroxylation is 1. The van der Waals surface area contributed by atoms with Crippen molar-refractivity contribution in [2.24, 2.45) is 5.92 Å². The Morgan fingerprint density at radius 3 is 3.12 bits per heavy atom. The van der Waals surface area contributed by atoms with Crippen molar-refractivity contribution in [2.75, 3.05) is 19.6 Å². The monoisotopic (exact) mass is 377 g/mol. The third-order valence-electron chi connectivity index (χ3n) is 5.11. The third-order valence-corrected chi connectivity index (χ3v) is 6.34. The zero-order valence-electron chi connectivity index (χ0n) is 14.4. The van der Waals surface area contributed by atoms with E-state index in [4.69, 9.17) is 0 Å². The van der Waals surface area contributed by atoms with Crippen molar-refractivity contribution in [1.82, 2.24) is 15.2 Å². The number of piperazine rings is 1. The molecule has 1 N–H and O–H groups in total. The highest BCUT2D eigenvalue weighted by Gasteiger charge is 2.30. The van der Waals surface area contributed by atoms with Gasteiger partial charge in [-0.05, 0) is 48.4 Å². The van der Waals surface area contributed by atoms with Gasteiger partial charge >= 0.3 is 0 Å². The van der Waals surface area contributed by atoms with E-state index in [9.17, 15) is 4.79 Å². The van der Waals surface area contributed by atoms with Crippen molar-refractivity contribution in [3.8, 4) is 0 Å². The number of rotatable bonds is 2. The normalized spacial score (nSPS) is 22.8. The molecule has 3 heterocycles. The van der Waals surface area contributed by atoms with E-state index in [0.29, 0.717) is 0 Å². The van der Waals surface area contributed by atoms with Crippen LogP contribution in [0.3, 0.4) is 0 Å². The first kappa shape index (κ1) is 18.4. The molecule has 1 aliphatic heterocycles. The standard InChI is InChI=1S/C19H23N3OS.ClH/c1-13-4-5-17-15(9-13)10-18(24-17)19(23)22-8-7-21-12-16(22)14-3-2-6-20-11-14;/h2-3,6,10-11,13,16,21H,4-5,7-9,12H2,1H3;1H. The minimum atomic E-state index is 0. The van der Waals surface area contributed by atoms with Gasteiger partial charge in [-0.3, -0.25) is 9.78 Å². The Bertz CT molecular complexity index is 734. The van der Waals surface area contributed by atoms with Gasteiger partial charge in [0.2, 0.25) is 0 Å². The van der Waals surface area contributed by atoms with Crippen LogP contribution in [0.2, 0.25) is 0 Å². The lowest BCUT2D eigenvalue weighted by molar-refractivity contribution is 0.0639. The topological polar surface area (TPSA) is 45.2 Å². The highest BCUT2D eigenvalue weighted by Crippen LogP contribution is 2.34. The van der Waals surface area contributed by atoms with Gasteiger partial charge in [-0.15, -0.1) is 23.7 Å². The summed E-state index contributed by atoms with van der Waals surface area (Å²) in [5.41, 5.74) is 2.50. The Hall–Kier alpha value is -1.43. The molecule has 134 valence electrons. The second-order valence-corrected chi connectivity index (χ2v) is 8.05. The lowest BCUT2D eigenvalue weighted by Gasteiger charge is -2.36. The van der Waals surface area contributed by atoms with E-state index in [1.165, 1.54) is 16.9 Å². The average molecular weight is 378 g/mol. The molecule has 0 radical (unpaired) electrons. The summed E-state index contributed by atoms with van der Waals surface area (Å²) in [6, 6.07) is 6.22. The summed E-state index contributed by atoms with van der Waals surface area (Å²) in [6.45, 7) is 4.69. The Kier molecular flexibility index (Phi) is 5.77. The van der Waals surface area contributed by atoms with Crippen LogP contribution in [0.25, 0.3) is 0 Å². The molecule has 0 spiro atoms. The first-order valence-electron chi connectivity index (χ1n) is 8.75. The number of nitrogens with zero attached hydrogens (tertiary/aromatic N) is 2. The summed E-state index contributed by atoms with van der Waals surface area (Å²) in [4.78, 5) is 21.7.